The number of phenolic OH excluding ortho intramolecular Hbond substituents is 1. The first-order valence-corrected chi connectivity index (χ1v) is 10.3. The number of aryl methyl sites for hydroxylation is 1. The molecule has 0 spiro atoms. The first-order chi connectivity index (χ1) is 14.9. The molecule has 0 unspecified atom stereocenters. The molecule has 0 fully saturated rings. The zero-order valence-corrected chi connectivity index (χ0v) is 19.0. The van der Waals surface area contributed by atoms with Crippen LogP contribution in [0.3, 0.4) is 0 Å². The van der Waals surface area contributed by atoms with Crippen LogP contribution in [-0.4, -0.2) is 30.2 Å². The summed E-state index contributed by atoms with van der Waals surface area (Å²) >= 11 is 1.98. The van der Waals surface area contributed by atoms with Gasteiger partial charge in [0.15, 0.2) is 11.5 Å². The molecule has 0 heterocycles. The zero-order chi connectivity index (χ0) is 22.4. The number of halogens is 1. The van der Waals surface area contributed by atoms with E-state index in [9.17, 15) is 14.7 Å². The molecule has 0 radical (unpaired) electrons. The molecule has 0 aliphatic rings. The number of nitrogens with zero attached hydrogens (tertiary/aromatic N) is 1. The second kappa shape index (κ2) is 10.1. The molecule has 0 atom stereocenters. The van der Waals surface area contributed by atoms with E-state index in [1.54, 1.807) is 48.5 Å². The third kappa shape index (κ3) is 5.82. The SMILES string of the molecule is COc1cc(C=NNC(=O)c2cccc(NC(=O)c3ccc(C)cc3)c2)cc(I)c1O. The van der Waals surface area contributed by atoms with Gasteiger partial charge in [-0.05, 0) is 77.5 Å². The Morgan fingerprint density at radius 1 is 1.03 bits per heavy atom. The van der Waals surface area contributed by atoms with E-state index in [1.165, 1.54) is 13.3 Å². The fraction of sp³-hybridized carbons (Fsp3) is 0.0870. The lowest BCUT2D eigenvalue weighted by molar-refractivity contribution is 0.0953. The smallest absolute Gasteiger partial charge is 0.271 e. The minimum Gasteiger partial charge on any atom is -0.504 e. The number of anilines is 1. The first kappa shape index (κ1) is 22.3. The van der Waals surface area contributed by atoms with Crippen molar-refractivity contribution in [2.24, 2.45) is 5.10 Å². The van der Waals surface area contributed by atoms with Crippen LogP contribution in [-0.2, 0) is 0 Å². The Labute approximate surface area is 193 Å². The van der Waals surface area contributed by atoms with Gasteiger partial charge in [-0.15, -0.1) is 0 Å². The van der Waals surface area contributed by atoms with Gasteiger partial charge in [0.1, 0.15) is 0 Å². The molecule has 0 aliphatic carbocycles. The van der Waals surface area contributed by atoms with Gasteiger partial charge in [-0.3, -0.25) is 9.59 Å². The molecule has 8 heteroatoms. The second-order valence-electron chi connectivity index (χ2n) is 6.65. The van der Waals surface area contributed by atoms with Crippen LogP contribution in [0.1, 0.15) is 31.8 Å². The number of carbonyl (C=O) groups excluding carboxylic acids is 2. The topological polar surface area (TPSA) is 100 Å². The lowest BCUT2D eigenvalue weighted by Crippen LogP contribution is -2.18. The number of carbonyl (C=O) groups is 2. The van der Waals surface area contributed by atoms with E-state index in [0.717, 1.165) is 5.56 Å². The van der Waals surface area contributed by atoms with Crippen molar-refractivity contribution >= 4 is 46.3 Å². The van der Waals surface area contributed by atoms with E-state index < -0.39 is 5.91 Å². The highest BCUT2D eigenvalue weighted by Gasteiger charge is 2.10. The number of aromatic hydroxyl groups is 1. The third-order valence-corrected chi connectivity index (χ3v) is 5.17. The molecule has 0 aromatic heterocycles. The summed E-state index contributed by atoms with van der Waals surface area (Å²) in [5.41, 5.74) is 5.54. The molecule has 3 N–H and O–H groups in total. The number of hydrazone groups is 1. The summed E-state index contributed by atoms with van der Waals surface area (Å²) in [5.74, 6) is -0.319. The molecule has 0 saturated carbocycles. The lowest BCUT2D eigenvalue weighted by atomic mass is 10.1. The van der Waals surface area contributed by atoms with Crippen molar-refractivity contribution in [3.63, 3.8) is 0 Å². The standard InChI is InChI=1S/C23H20IN3O4/c1-14-6-8-16(9-7-14)22(29)26-18-5-3-4-17(12-18)23(30)27-25-13-15-10-19(24)21(28)20(11-15)31-2/h3-13,28H,1-2H3,(H,26,29)(H,27,30). The van der Waals surface area contributed by atoms with Crippen molar-refractivity contribution in [3.8, 4) is 11.5 Å². The number of hydrogen-bond donors (Lipinski definition) is 3. The number of phenols is 1. The van der Waals surface area contributed by atoms with E-state index in [1.807, 2.05) is 41.6 Å². The Kier molecular flexibility index (Phi) is 7.24. The van der Waals surface area contributed by atoms with Crippen LogP contribution in [0.25, 0.3) is 0 Å². The highest BCUT2D eigenvalue weighted by atomic mass is 127. The molecule has 3 aromatic rings. The Morgan fingerprint density at radius 2 is 1.77 bits per heavy atom. The number of hydrogen-bond acceptors (Lipinski definition) is 5. The molecule has 0 saturated heterocycles. The summed E-state index contributed by atoms with van der Waals surface area (Å²) in [6.45, 7) is 1.95. The highest BCUT2D eigenvalue weighted by molar-refractivity contribution is 14.1. The molecule has 7 nitrogen and oxygen atoms in total. The van der Waals surface area contributed by atoms with Gasteiger partial charge in [-0.1, -0.05) is 23.8 Å². The number of amides is 2. The number of nitrogens with one attached hydrogen (secondary N) is 2. The molecule has 0 aliphatic heterocycles. The van der Waals surface area contributed by atoms with Gasteiger partial charge < -0.3 is 15.2 Å². The maximum Gasteiger partial charge on any atom is 0.271 e. The number of methoxy groups -OCH3 is 1. The second-order valence-corrected chi connectivity index (χ2v) is 7.82. The minimum absolute atomic E-state index is 0.0498. The molecule has 2 amide bonds. The van der Waals surface area contributed by atoms with Gasteiger partial charge in [0.05, 0.1) is 16.9 Å². The Balaban J connectivity index is 1.66. The molecule has 3 rings (SSSR count). The summed E-state index contributed by atoms with van der Waals surface area (Å²) in [6, 6.07) is 17.1. The summed E-state index contributed by atoms with van der Waals surface area (Å²) < 4.78 is 5.71. The predicted octanol–water partition coefficient (Wildman–Crippen LogP) is 4.33. The molecule has 31 heavy (non-hydrogen) atoms. The molecular formula is C23H20IN3O4. The molecule has 3 aromatic carbocycles. The van der Waals surface area contributed by atoms with Crippen molar-refractivity contribution in [2.75, 3.05) is 12.4 Å². The van der Waals surface area contributed by atoms with Crippen molar-refractivity contribution in [1.29, 1.82) is 0 Å². The Hall–Kier alpha value is -3.40. The quantitative estimate of drug-likeness (QED) is 0.252. The fourth-order valence-corrected chi connectivity index (χ4v) is 3.33. The highest BCUT2D eigenvalue weighted by Crippen LogP contribution is 2.31. The van der Waals surface area contributed by atoms with Gasteiger partial charge in [-0.25, -0.2) is 5.43 Å². The number of rotatable bonds is 6. The number of ether oxygens (including phenoxy) is 1. The first-order valence-electron chi connectivity index (χ1n) is 9.25. The monoisotopic (exact) mass is 529 g/mol. The van der Waals surface area contributed by atoms with E-state index in [2.05, 4.69) is 15.8 Å². The van der Waals surface area contributed by atoms with E-state index in [4.69, 9.17) is 4.74 Å². The van der Waals surface area contributed by atoms with Crippen LogP contribution in [0.5, 0.6) is 11.5 Å². The van der Waals surface area contributed by atoms with Crippen LogP contribution >= 0.6 is 22.6 Å². The van der Waals surface area contributed by atoms with Crippen molar-refractivity contribution in [2.45, 2.75) is 6.92 Å². The lowest BCUT2D eigenvalue weighted by Gasteiger charge is -2.08. The van der Waals surface area contributed by atoms with Crippen LogP contribution in [0.15, 0.2) is 65.8 Å². The fourth-order valence-electron chi connectivity index (χ4n) is 2.70. The van der Waals surface area contributed by atoms with Crippen molar-refractivity contribution in [3.05, 3.63) is 86.5 Å². The summed E-state index contributed by atoms with van der Waals surface area (Å²) in [4.78, 5) is 24.8. The normalized spacial score (nSPS) is 10.7. The van der Waals surface area contributed by atoms with Gasteiger partial charge >= 0.3 is 0 Å². The molecule has 0 bridgehead atoms. The average Bonchev–Trinajstić information content (AvgIpc) is 2.76. The molecular weight excluding hydrogens is 509 g/mol. The van der Waals surface area contributed by atoms with E-state index >= 15 is 0 Å². The summed E-state index contributed by atoms with van der Waals surface area (Å²) in [7, 11) is 1.46. The van der Waals surface area contributed by atoms with Gasteiger partial charge in [0.25, 0.3) is 11.8 Å². The predicted molar refractivity (Wildman–Crippen MR) is 128 cm³/mol. The van der Waals surface area contributed by atoms with Crippen molar-refractivity contribution < 1.29 is 19.4 Å². The van der Waals surface area contributed by atoms with Crippen LogP contribution < -0.4 is 15.5 Å². The Bertz CT molecular complexity index is 1140. The summed E-state index contributed by atoms with van der Waals surface area (Å²) in [6.07, 6.45) is 1.45. The van der Waals surface area contributed by atoms with Gasteiger partial charge in [0.2, 0.25) is 0 Å². The zero-order valence-electron chi connectivity index (χ0n) is 16.8. The maximum atomic E-state index is 12.4. The summed E-state index contributed by atoms with van der Waals surface area (Å²) in [5, 5.41) is 16.6. The van der Waals surface area contributed by atoms with Crippen molar-refractivity contribution in [1.82, 2.24) is 5.43 Å². The largest absolute Gasteiger partial charge is 0.504 e. The van der Waals surface area contributed by atoms with E-state index in [0.29, 0.717) is 31.7 Å². The number of benzene rings is 3. The van der Waals surface area contributed by atoms with Crippen LogP contribution in [0, 0.1) is 10.5 Å². The van der Waals surface area contributed by atoms with E-state index in [-0.39, 0.29) is 11.7 Å². The van der Waals surface area contributed by atoms with Crippen LogP contribution in [0.4, 0.5) is 5.69 Å². The Morgan fingerprint density at radius 3 is 2.48 bits per heavy atom. The maximum absolute atomic E-state index is 12.4. The molecule has 158 valence electrons. The van der Waals surface area contributed by atoms with Gasteiger partial charge in [0, 0.05) is 16.8 Å². The minimum atomic E-state index is -0.428. The third-order valence-electron chi connectivity index (χ3n) is 4.35. The van der Waals surface area contributed by atoms with Gasteiger partial charge in [-0.2, -0.15) is 5.10 Å². The average molecular weight is 529 g/mol. The van der Waals surface area contributed by atoms with Crippen LogP contribution in [0.2, 0.25) is 0 Å².